The number of aryl methyl sites for hydroxylation is 1. The van der Waals surface area contributed by atoms with Crippen molar-refractivity contribution in [3.8, 4) is 6.07 Å². The molecule has 2 aromatic carbocycles. The lowest BCUT2D eigenvalue weighted by molar-refractivity contribution is -0.385. The molecule has 0 bridgehead atoms. The minimum atomic E-state index is -1.13. The van der Waals surface area contributed by atoms with Crippen LogP contribution in [0.3, 0.4) is 0 Å². The highest BCUT2D eigenvalue weighted by Crippen LogP contribution is 2.20. The first-order chi connectivity index (χ1) is 12.3. The first kappa shape index (κ1) is 18.6. The Kier molecular flexibility index (Phi) is 5.65. The van der Waals surface area contributed by atoms with Crippen molar-refractivity contribution >= 4 is 23.3 Å². The maximum absolute atomic E-state index is 12.1. The van der Waals surface area contributed by atoms with Crippen molar-refractivity contribution in [1.29, 1.82) is 5.26 Å². The van der Waals surface area contributed by atoms with Crippen molar-refractivity contribution < 1.29 is 19.2 Å². The van der Waals surface area contributed by atoms with Crippen LogP contribution in [0.5, 0.6) is 0 Å². The monoisotopic (exact) mass is 353 g/mol. The number of nitro benzene ring substituents is 1. The number of nitriles is 1. The average molecular weight is 353 g/mol. The summed E-state index contributed by atoms with van der Waals surface area (Å²) in [6.45, 7) is 2.93. The summed E-state index contributed by atoms with van der Waals surface area (Å²) in [4.78, 5) is 34.6. The number of anilines is 1. The van der Waals surface area contributed by atoms with Crippen LogP contribution in [-0.2, 0) is 9.53 Å². The number of carbonyl (C=O) groups excluding carboxylic acids is 2. The van der Waals surface area contributed by atoms with E-state index in [-0.39, 0.29) is 11.3 Å². The lowest BCUT2D eigenvalue weighted by Gasteiger charge is -2.14. The third-order valence-corrected chi connectivity index (χ3v) is 3.55. The van der Waals surface area contributed by atoms with E-state index >= 15 is 0 Å². The molecular weight excluding hydrogens is 338 g/mol. The molecule has 26 heavy (non-hydrogen) atoms. The van der Waals surface area contributed by atoms with Gasteiger partial charge in [0.25, 0.3) is 11.6 Å². The molecule has 2 rings (SSSR count). The Balaban J connectivity index is 2.06. The Hall–Kier alpha value is -3.73. The molecule has 8 nitrogen and oxygen atoms in total. The molecule has 0 aromatic heterocycles. The van der Waals surface area contributed by atoms with Crippen LogP contribution in [0.4, 0.5) is 11.4 Å². The lowest BCUT2D eigenvalue weighted by Crippen LogP contribution is -2.30. The van der Waals surface area contributed by atoms with Crippen LogP contribution in [0, 0.1) is 28.4 Å². The van der Waals surface area contributed by atoms with Gasteiger partial charge in [-0.2, -0.15) is 5.26 Å². The minimum absolute atomic E-state index is 0.0200. The van der Waals surface area contributed by atoms with E-state index in [0.717, 1.165) is 6.07 Å². The summed E-state index contributed by atoms with van der Waals surface area (Å²) in [7, 11) is 0. The Morgan fingerprint density at radius 2 is 2.00 bits per heavy atom. The van der Waals surface area contributed by atoms with Crippen molar-refractivity contribution in [1.82, 2.24) is 0 Å². The van der Waals surface area contributed by atoms with Gasteiger partial charge in [-0.15, -0.1) is 0 Å². The van der Waals surface area contributed by atoms with Crippen LogP contribution >= 0.6 is 0 Å². The lowest BCUT2D eigenvalue weighted by atomic mass is 10.1. The molecule has 0 fully saturated rings. The van der Waals surface area contributed by atoms with Crippen LogP contribution in [0.2, 0.25) is 0 Å². The second kappa shape index (κ2) is 7.90. The van der Waals surface area contributed by atoms with Crippen molar-refractivity contribution in [3.63, 3.8) is 0 Å². The number of nitro groups is 1. The number of hydrogen-bond donors (Lipinski definition) is 1. The smallest absolute Gasteiger partial charge is 0.339 e. The molecule has 0 aliphatic rings. The quantitative estimate of drug-likeness (QED) is 0.501. The molecule has 2 aromatic rings. The van der Waals surface area contributed by atoms with Crippen LogP contribution < -0.4 is 5.32 Å². The molecule has 0 saturated heterocycles. The Bertz CT molecular complexity index is 917. The predicted octanol–water partition coefficient (Wildman–Crippen LogP) is 2.96. The number of amides is 1. The van der Waals surface area contributed by atoms with Gasteiger partial charge in [-0.3, -0.25) is 14.9 Å². The fourth-order valence-corrected chi connectivity index (χ4v) is 2.13. The maximum Gasteiger partial charge on any atom is 0.339 e. The fourth-order valence-electron chi connectivity index (χ4n) is 2.13. The number of esters is 1. The van der Waals surface area contributed by atoms with Crippen molar-refractivity contribution in [2.75, 3.05) is 5.32 Å². The molecule has 132 valence electrons. The summed E-state index contributed by atoms with van der Waals surface area (Å²) in [5.41, 5.74) is 0.954. The molecular formula is C18H15N3O5. The largest absolute Gasteiger partial charge is 0.449 e. The van der Waals surface area contributed by atoms with Gasteiger partial charge in [0.15, 0.2) is 6.10 Å². The summed E-state index contributed by atoms with van der Waals surface area (Å²) in [6.07, 6.45) is -1.13. The molecule has 0 aliphatic heterocycles. The number of carbonyl (C=O) groups is 2. The van der Waals surface area contributed by atoms with Gasteiger partial charge in [0.2, 0.25) is 0 Å². The third-order valence-electron chi connectivity index (χ3n) is 3.55. The molecule has 0 radical (unpaired) electrons. The van der Waals surface area contributed by atoms with Gasteiger partial charge in [0, 0.05) is 17.3 Å². The zero-order chi connectivity index (χ0) is 19.3. The van der Waals surface area contributed by atoms with Gasteiger partial charge in [-0.25, -0.2) is 4.79 Å². The van der Waals surface area contributed by atoms with Crippen molar-refractivity contribution in [2.45, 2.75) is 20.0 Å². The van der Waals surface area contributed by atoms with Crippen LogP contribution in [0.25, 0.3) is 0 Å². The topological polar surface area (TPSA) is 122 Å². The van der Waals surface area contributed by atoms with Crippen LogP contribution in [0.1, 0.15) is 28.4 Å². The molecule has 0 heterocycles. The highest BCUT2D eigenvalue weighted by atomic mass is 16.6. The summed E-state index contributed by atoms with van der Waals surface area (Å²) in [6, 6.07) is 12.2. The van der Waals surface area contributed by atoms with Gasteiger partial charge >= 0.3 is 5.97 Å². The molecule has 0 unspecified atom stereocenters. The normalized spacial score (nSPS) is 11.1. The van der Waals surface area contributed by atoms with Gasteiger partial charge in [-0.1, -0.05) is 12.1 Å². The third kappa shape index (κ3) is 4.42. The molecule has 1 atom stereocenters. The van der Waals surface area contributed by atoms with Crippen molar-refractivity contribution in [2.24, 2.45) is 0 Å². The molecule has 8 heteroatoms. The summed E-state index contributed by atoms with van der Waals surface area (Å²) in [5, 5.41) is 22.3. The number of hydrogen-bond acceptors (Lipinski definition) is 6. The van der Waals surface area contributed by atoms with E-state index in [1.807, 2.05) is 6.07 Å². The number of benzene rings is 2. The van der Waals surface area contributed by atoms with Gasteiger partial charge in [0.1, 0.15) is 0 Å². The fraction of sp³-hybridized carbons (Fsp3) is 0.167. The molecule has 0 spiro atoms. The Morgan fingerprint density at radius 1 is 1.27 bits per heavy atom. The first-order valence-electron chi connectivity index (χ1n) is 7.59. The van der Waals surface area contributed by atoms with E-state index in [1.165, 1.54) is 25.1 Å². The summed E-state index contributed by atoms with van der Waals surface area (Å²) in [5.74, 6) is -1.43. The number of nitrogens with zero attached hydrogens (tertiary/aromatic N) is 2. The summed E-state index contributed by atoms with van der Waals surface area (Å²) < 4.78 is 5.06. The zero-order valence-corrected chi connectivity index (χ0v) is 14.1. The SMILES string of the molecule is Cc1ccc(C(=O)O[C@H](C)C(=O)Nc2cccc(C#N)c2)cc1[N+](=O)[O-]. The molecule has 0 saturated carbocycles. The van der Waals surface area contributed by atoms with E-state index in [4.69, 9.17) is 10.00 Å². The average Bonchev–Trinajstić information content (AvgIpc) is 2.61. The number of nitrogens with one attached hydrogen (secondary N) is 1. The highest BCUT2D eigenvalue weighted by Gasteiger charge is 2.21. The van der Waals surface area contributed by atoms with Gasteiger partial charge in [0.05, 0.1) is 22.1 Å². The first-order valence-corrected chi connectivity index (χ1v) is 7.59. The van der Waals surface area contributed by atoms with Crippen molar-refractivity contribution in [3.05, 3.63) is 69.3 Å². The van der Waals surface area contributed by atoms with E-state index in [9.17, 15) is 19.7 Å². The second-order valence-electron chi connectivity index (χ2n) is 5.49. The minimum Gasteiger partial charge on any atom is -0.449 e. The maximum atomic E-state index is 12.1. The number of rotatable bonds is 5. The summed E-state index contributed by atoms with van der Waals surface area (Å²) >= 11 is 0. The Labute approximate surface area is 149 Å². The number of ether oxygens (including phenoxy) is 1. The van der Waals surface area contributed by atoms with E-state index in [1.54, 1.807) is 25.1 Å². The van der Waals surface area contributed by atoms with E-state index in [0.29, 0.717) is 16.8 Å². The van der Waals surface area contributed by atoms with Crippen LogP contribution in [-0.4, -0.2) is 22.9 Å². The molecule has 1 N–H and O–H groups in total. The molecule has 0 aliphatic carbocycles. The van der Waals surface area contributed by atoms with Gasteiger partial charge in [-0.05, 0) is 38.1 Å². The zero-order valence-electron chi connectivity index (χ0n) is 14.1. The van der Waals surface area contributed by atoms with E-state index in [2.05, 4.69) is 5.32 Å². The standard InChI is InChI=1S/C18H15N3O5/c1-11-6-7-14(9-16(11)21(24)25)18(23)26-12(2)17(22)20-15-5-3-4-13(8-15)10-19/h3-9,12H,1-2H3,(H,20,22)/t12-/m1/s1. The molecule has 1 amide bonds. The predicted molar refractivity (Wildman–Crippen MR) is 92.5 cm³/mol. The Morgan fingerprint density at radius 3 is 2.65 bits per heavy atom. The van der Waals surface area contributed by atoms with Gasteiger partial charge < -0.3 is 10.1 Å². The second-order valence-corrected chi connectivity index (χ2v) is 5.49. The highest BCUT2D eigenvalue weighted by molar-refractivity contribution is 5.97. The van der Waals surface area contributed by atoms with Crippen LogP contribution in [0.15, 0.2) is 42.5 Å². The van der Waals surface area contributed by atoms with E-state index < -0.39 is 22.9 Å².